The summed E-state index contributed by atoms with van der Waals surface area (Å²) in [5.74, 6) is 2.44. The highest BCUT2D eigenvalue weighted by Gasteiger charge is 2.29. The van der Waals surface area contributed by atoms with Crippen molar-refractivity contribution in [3.8, 4) is 5.75 Å². The average molecular weight is 400 g/mol. The van der Waals surface area contributed by atoms with Gasteiger partial charge < -0.3 is 15.8 Å². The number of amidine groups is 1. The van der Waals surface area contributed by atoms with Crippen LogP contribution in [0.1, 0.15) is 29.3 Å². The molecule has 2 aromatic rings. The zero-order valence-electron chi connectivity index (χ0n) is 15.0. The van der Waals surface area contributed by atoms with Crippen LogP contribution >= 0.6 is 23.5 Å². The third-order valence-corrected chi connectivity index (χ3v) is 6.62. The molecule has 7 heteroatoms. The van der Waals surface area contributed by atoms with E-state index in [-0.39, 0.29) is 11.4 Å². The third-order valence-electron chi connectivity index (χ3n) is 4.75. The predicted molar refractivity (Wildman–Crippen MR) is 113 cm³/mol. The fourth-order valence-corrected chi connectivity index (χ4v) is 5.21. The lowest BCUT2D eigenvalue weighted by molar-refractivity contribution is 0.102. The van der Waals surface area contributed by atoms with E-state index in [0.29, 0.717) is 17.3 Å². The topological polar surface area (TPSA) is 76.7 Å². The minimum atomic E-state index is -0.355. The number of fused-ring (bicyclic) bond motifs is 1. The van der Waals surface area contributed by atoms with Crippen molar-refractivity contribution in [2.45, 2.75) is 23.8 Å². The van der Waals surface area contributed by atoms with Crippen molar-refractivity contribution < 1.29 is 9.53 Å². The molecular weight excluding hydrogens is 378 g/mol. The Labute approximate surface area is 167 Å². The van der Waals surface area contributed by atoms with E-state index < -0.39 is 0 Å². The molecule has 4 rings (SSSR count). The lowest BCUT2D eigenvalue weighted by Crippen LogP contribution is -2.28. The predicted octanol–water partition coefficient (Wildman–Crippen LogP) is 4.09. The number of nitrogens with zero attached hydrogens (tertiary/aromatic N) is 1. The first-order valence-corrected chi connectivity index (χ1v) is 10.8. The lowest BCUT2D eigenvalue weighted by Gasteiger charge is -2.30. The molecule has 2 heterocycles. The molecule has 140 valence electrons. The number of carbonyl (C=O) groups excluding carboxylic acids is 1. The number of anilines is 1. The number of benzene rings is 2. The molecule has 0 fully saturated rings. The molecule has 0 spiro atoms. The van der Waals surface area contributed by atoms with Gasteiger partial charge in [-0.15, -0.1) is 11.8 Å². The largest absolute Gasteiger partial charge is 0.492 e. The van der Waals surface area contributed by atoms with Gasteiger partial charge in [0.2, 0.25) is 0 Å². The molecule has 5 nitrogen and oxygen atoms in total. The van der Waals surface area contributed by atoms with Crippen molar-refractivity contribution in [2.24, 2.45) is 10.7 Å². The van der Waals surface area contributed by atoms with Gasteiger partial charge in [0.25, 0.3) is 5.91 Å². The maximum Gasteiger partial charge on any atom is 0.256 e. The summed E-state index contributed by atoms with van der Waals surface area (Å²) in [6, 6.07) is 13.5. The van der Waals surface area contributed by atoms with Gasteiger partial charge in [-0.1, -0.05) is 30.0 Å². The van der Waals surface area contributed by atoms with Crippen LogP contribution in [-0.4, -0.2) is 29.2 Å². The maximum absolute atomic E-state index is 12.9. The lowest BCUT2D eigenvalue weighted by atomic mass is 9.89. The smallest absolute Gasteiger partial charge is 0.256 e. The van der Waals surface area contributed by atoms with Crippen LogP contribution in [0.4, 0.5) is 5.69 Å². The summed E-state index contributed by atoms with van der Waals surface area (Å²) in [5, 5.41) is 3.64. The van der Waals surface area contributed by atoms with E-state index in [1.165, 1.54) is 0 Å². The van der Waals surface area contributed by atoms with Crippen LogP contribution in [0.25, 0.3) is 0 Å². The van der Waals surface area contributed by atoms with E-state index in [9.17, 15) is 4.79 Å². The summed E-state index contributed by atoms with van der Waals surface area (Å²) in [4.78, 5) is 18.4. The van der Waals surface area contributed by atoms with Crippen LogP contribution in [0, 0.1) is 0 Å². The van der Waals surface area contributed by atoms with Crippen molar-refractivity contribution in [3.63, 3.8) is 0 Å². The number of thioether (sulfide) groups is 2. The van der Waals surface area contributed by atoms with E-state index in [1.54, 1.807) is 23.5 Å². The van der Waals surface area contributed by atoms with Gasteiger partial charge in [0.1, 0.15) is 5.75 Å². The summed E-state index contributed by atoms with van der Waals surface area (Å²) in [6.07, 6.45) is 0.913. The third kappa shape index (κ3) is 3.80. The Bertz CT molecular complexity index is 916. The first-order valence-electron chi connectivity index (χ1n) is 8.84. The SMILES string of the molecule is CC1(c2cccc(NC(=O)c3cccc4c3SCCO4)c2)CCSC(N)=N1. The number of carbonyl (C=O) groups is 1. The maximum atomic E-state index is 12.9. The Hall–Kier alpha value is -2.12. The van der Waals surface area contributed by atoms with Gasteiger partial charge in [0.15, 0.2) is 5.17 Å². The highest BCUT2D eigenvalue weighted by molar-refractivity contribution is 8.13. The summed E-state index contributed by atoms with van der Waals surface area (Å²) in [7, 11) is 0. The molecule has 0 aliphatic carbocycles. The molecule has 1 amide bonds. The van der Waals surface area contributed by atoms with E-state index in [1.807, 2.05) is 42.5 Å². The van der Waals surface area contributed by atoms with Crippen LogP contribution in [-0.2, 0) is 5.54 Å². The molecule has 27 heavy (non-hydrogen) atoms. The summed E-state index contributed by atoms with van der Waals surface area (Å²) < 4.78 is 5.66. The Morgan fingerprint density at radius 3 is 2.93 bits per heavy atom. The molecule has 0 saturated carbocycles. The van der Waals surface area contributed by atoms with E-state index in [0.717, 1.165) is 39.8 Å². The van der Waals surface area contributed by atoms with Crippen LogP contribution < -0.4 is 15.8 Å². The number of hydrogen-bond acceptors (Lipinski definition) is 6. The average Bonchev–Trinajstić information content (AvgIpc) is 2.67. The molecule has 1 atom stereocenters. The number of nitrogens with one attached hydrogen (secondary N) is 1. The number of ether oxygens (including phenoxy) is 1. The standard InChI is InChI=1S/C20H21N3O2S2/c1-20(8-10-27-19(21)23-20)13-4-2-5-14(12-13)22-18(24)15-6-3-7-16-17(15)26-11-9-25-16/h2-7,12H,8-11H2,1H3,(H2,21,23)(H,22,24). The first kappa shape index (κ1) is 18.3. The molecule has 2 aliphatic heterocycles. The second-order valence-corrected chi connectivity index (χ2v) is 8.91. The number of amides is 1. The van der Waals surface area contributed by atoms with Gasteiger partial charge in [-0.05, 0) is 43.2 Å². The Balaban J connectivity index is 1.59. The molecule has 3 N–H and O–H groups in total. The molecule has 2 aliphatic rings. The van der Waals surface area contributed by atoms with E-state index in [4.69, 9.17) is 10.5 Å². The summed E-state index contributed by atoms with van der Waals surface area (Å²) >= 11 is 3.24. The minimum absolute atomic E-state index is 0.130. The van der Waals surface area contributed by atoms with Gasteiger partial charge >= 0.3 is 0 Å². The van der Waals surface area contributed by atoms with Gasteiger partial charge in [0, 0.05) is 17.2 Å². The molecule has 0 aromatic heterocycles. The zero-order valence-corrected chi connectivity index (χ0v) is 16.7. The monoisotopic (exact) mass is 399 g/mol. The number of rotatable bonds is 3. The van der Waals surface area contributed by atoms with Crippen LogP contribution in [0.15, 0.2) is 52.4 Å². The Morgan fingerprint density at radius 2 is 2.07 bits per heavy atom. The molecule has 0 bridgehead atoms. The summed E-state index contributed by atoms with van der Waals surface area (Å²) in [5.41, 5.74) is 8.03. The second-order valence-electron chi connectivity index (χ2n) is 6.69. The number of hydrogen-bond donors (Lipinski definition) is 2. The number of aliphatic imine (C=N–C) groups is 1. The van der Waals surface area contributed by atoms with Gasteiger partial charge in [-0.25, -0.2) is 0 Å². The highest BCUT2D eigenvalue weighted by Crippen LogP contribution is 2.37. The highest BCUT2D eigenvalue weighted by atomic mass is 32.2. The minimum Gasteiger partial charge on any atom is -0.492 e. The van der Waals surface area contributed by atoms with Crippen molar-refractivity contribution in [2.75, 3.05) is 23.4 Å². The van der Waals surface area contributed by atoms with Gasteiger partial charge in [-0.3, -0.25) is 9.79 Å². The van der Waals surface area contributed by atoms with E-state index >= 15 is 0 Å². The van der Waals surface area contributed by atoms with Crippen LogP contribution in [0.2, 0.25) is 0 Å². The fourth-order valence-electron chi connectivity index (χ4n) is 3.28. The van der Waals surface area contributed by atoms with Crippen molar-refractivity contribution in [1.82, 2.24) is 0 Å². The molecule has 1 unspecified atom stereocenters. The molecule has 2 aromatic carbocycles. The quantitative estimate of drug-likeness (QED) is 0.813. The summed E-state index contributed by atoms with van der Waals surface area (Å²) in [6.45, 7) is 2.76. The zero-order chi connectivity index (χ0) is 18.9. The van der Waals surface area contributed by atoms with E-state index in [2.05, 4.69) is 17.2 Å². The van der Waals surface area contributed by atoms with Gasteiger partial charge in [-0.2, -0.15) is 0 Å². The second kappa shape index (κ2) is 7.48. The fraction of sp³-hybridized carbons (Fsp3) is 0.300. The van der Waals surface area contributed by atoms with Gasteiger partial charge in [0.05, 0.1) is 22.6 Å². The number of nitrogens with two attached hydrogens (primary N) is 1. The van der Waals surface area contributed by atoms with Crippen LogP contribution in [0.3, 0.4) is 0 Å². The Morgan fingerprint density at radius 1 is 1.22 bits per heavy atom. The van der Waals surface area contributed by atoms with Crippen molar-refractivity contribution in [1.29, 1.82) is 0 Å². The molecular formula is C20H21N3O2S2. The van der Waals surface area contributed by atoms with Crippen LogP contribution in [0.5, 0.6) is 5.75 Å². The molecule has 0 radical (unpaired) electrons. The normalized spacial score (nSPS) is 21.6. The first-order chi connectivity index (χ1) is 13.0. The molecule has 0 saturated heterocycles. The Kier molecular flexibility index (Phi) is 5.06. The van der Waals surface area contributed by atoms with Crippen molar-refractivity contribution >= 4 is 40.3 Å². The van der Waals surface area contributed by atoms with Crippen molar-refractivity contribution in [3.05, 3.63) is 53.6 Å².